The highest BCUT2D eigenvalue weighted by atomic mass is 32.1. The van der Waals surface area contributed by atoms with Crippen LogP contribution in [0.2, 0.25) is 0 Å². The predicted molar refractivity (Wildman–Crippen MR) is 191 cm³/mol. The van der Waals surface area contributed by atoms with Crippen molar-refractivity contribution < 1.29 is 0 Å². The second-order valence-electron chi connectivity index (χ2n) is 12.1. The van der Waals surface area contributed by atoms with Gasteiger partial charge in [0.15, 0.2) is 0 Å². The van der Waals surface area contributed by atoms with Crippen LogP contribution in [0, 0.1) is 0 Å². The first kappa shape index (κ1) is 24.9. The van der Waals surface area contributed by atoms with E-state index >= 15 is 0 Å². The molecule has 0 radical (unpaired) electrons. The molecule has 210 valence electrons. The van der Waals surface area contributed by atoms with E-state index in [-0.39, 0.29) is 5.41 Å². The maximum atomic E-state index is 3.75. The van der Waals surface area contributed by atoms with Crippen LogP contribution in [0.3, 0.4) is 0 Å². The molecule has 1 aromatic heterocycles. The van der Waals surface area contributed by atoms with E-state index in [0.29, 0.717) is 0 Å². The van der Waals surface area contributed by atoms with Crippen LogP contribution >= 0.6 is 11.3 Å². The molecule has 0 saturated carbocycles. The molecule has 0 saturated heterocycles. The number of nitrogens with one attached hydrogen (secondary N) is 1. The zero-order chi connectivity index (χ0) is 29.5. The molecule has 8 aromatic rings. The van der Waals surface area contributed by atoms with Crippen LogP contribution in [0.15, 0.2) is 158 Å². The normalized spacial score (nSPS) is 13.5. The highest BCUT2D eigenvalue weighted by Crippen LogP contribution is 2.63. The molecule has 0 aliphatic heterocycles. The van der Waals surface area contributed by atoms with E-state index in [0.717, 1.165) is 11.4 Å². The van der Waals surface area contributed by atoms with Crippen molar-refractivity contribution >= 4 is 42.9 Å². The Morgan fingerprint density at radius 1 is 0.400 bits per heavy atom. The average Bonchev–Trinajstić information content (AvgIpc) is 3.73. The third-order valence-corrected chi connectivity index (χ3v) is 11.1. The van der Waals surface area contributed by atoms with E-state index in [1.165, 1.54) is 75.8 Å². The second-order valence-corrected chi connectivity index (χ2v) is 13.2. The van der Waals surface area contributed by atoms with Gasteiger partial charge in [0.2, 0.25) is 0 Å². The predicted octanol–water partition coefficient (Wildman–Crippen LogP) is 11.8. The lowest BCUT2D eigenvalue weighted by molar-refractivity contribution is 0.794. The average molecular weight is 590 g/mol. The van der Waals surface area contributed by atoms with E-state index in [1.54, 1.807) is 0 Å². The van der Waals surface area contributed by atoms with Crippen LogP contribution in [0.5, 0.6) is 0 Å². The standard InChI is InChI=1S/C43H27NS/c1-5-16-37-31(10-1)32-11-2-6-17-38(32)43(37)39-18-7-3-12-33(39)34-25-24-29(26-40(34)43)44-28-22-20-27(21-23-28)30-14-9-15-36-35-13-4-8-19-41(35)45-42(30)36/h1-26,44H. The number of hydrogen-bond donors (Lipinski definition) is 1. The van der Waals surface area contributed by atoms with Gasteiger partial charge in [-0.2, -0.15) is 0 Å². The summed E-state index contributed by atoms with van der Waals surface area (Å²) < 4.78 is 2.68. The summed E-state index contributed by atoms with van der Waals surface area (Å²) >= 11 is 1.88. The molecule has 0 unspecified atom stereocenters. The zero-order valence-electron chi connectivity index (χ0n) is 24.4. The fraction of sp³-hybridized carbons (Fsp3) is 0.0233. The number of thiophene rings is 1. The summed E-state index contributed by atoms with van der Waals surface area (Å²) in [5, 5.41) is 6.42. The van der Waals surface area contributed by atoms with E-state index in [2.05, 4.69) is 163 Å². The molecule has 1 nitrogen and oxygen atoms in total. The Morgan fingerprint density at radius 3 is 1.62 bits per heavy atom. The Labute approximate surface area is 266 Å². The first-order chi connectivity index (χ1) is 22.3. The molecule has 2 heteroatoms. The lowest BCUT2D eigenvalue weighted by Crippen LogP contribution is -2.25. The van der Waals surface area contributed by atoms with E-state index < -0.39 is 0 Å². The first-order valence-electron chi connectivity index (χ1n) is 15.5. The van der Waals surface area contributed by atoms with E-state index in [4.69, 9.17) is 0 Å². The molecular formula is C43H27NS. The van der Waals surface area contributed by atoms with E-state index in [1.807, 2.05) is 11.3 Å². The van der Waals surface area contributed by atoms with Crippen LogP contribution in [-0.4, -0.2) is 0 Å². The van der Waals surface area contributed by atoms with Crippen molar-refractivity contribution in [1.82, 2.24) is 0 Å². The fourth-order valence-electron chi connectivity index (χ4n) is 8.05. The third kappa shape index (κ3) is 3.38. The Morgan fingerprint density at radius 2 is 0.933 bits per heavy atom. The second kappa shape index (κ2) is 9.28. The number of hydrogen-bond acceptors (Lipinski definition) is 2. The van der Waals surface area contributed by atoms with Crippen LogP contribution in [0.1, 0.15) is 22.3 Å². The molecule has 0 amide bonds. The molecule has 2 aliphatic carbocycles. The SMILES string of the molecule is c1ccc2c(c1)-c1ccccc1C21c2ccccc2-c2ccc(Nc3ccc(-c4cccc5c4sc4ccccc45)cc3)cc21. The Hall–Kier alpha value is -5.44. The Bertz CT molecular complexity index is 2400. The monoisotopic (exact) mass is 589 g/mol. The summed E-state index contributed by atoms with van der Waals surface area (Å²) in [6.45, 7) is 0. The van der Waals surface area contributed by atoms with Crippen molar-refractivity contribution in [3.05, 3.63) is 180 Å². The lowest BCUT2D eigenvalue weighted by atomic mass is 9.70. The van der Waals surface area contributed by atoms with Gasteiger partial charge in [0.25, 0.3) is 0 Å². The molecular weight excluding hydrogens is 563 g/mol. The van der Waals surface area contributed by atoms with Gasteiger partial charge in [-0.3, -0.25) is 0 Å². The Balaban J connectivity index is 1.07. The summed E-state index contributed by atoms with van der Waals surface area (Å²) in [5.41, 5.74) is 15.1. The lowest BCUT2D eigenvalue weighted by Gasteiger charge is -2.30. The molecule has 1 spiro atoms. The third-order valence-electron chi connectivity index (χ3n) is 9.89. The molecule has 10 rings (SSSR count). The highest BCUT2D eigenvalue weighted by Gasteiger charge is 2.51. The first-order valence-corrected chi connectivity index (χ1v) is 16.3. The number of rotatable bonds is 3. The summed E-state index contributed by atoms with van der Waals surface area (Å²) in [7, 11) is 0. The minimum atomic E-state index is -0.330. The summed E-state index contributed by atoms with van der Waals surface area (Å²) in [6.07, 6.45) is 0. The topological polar surface area (TPSA) is 12.0 Å². The van der Waals surface area contributed by atoms with Crippen LogP contribution in [0.4, 0.5) is 11.4 Å². The van der Waals surface area contributed by atoms with Gasteiger partial charge in [-0.15, -0.1) is 11.3 Å². The van der Waals surface area contributed by atoms with Crippen molar-refractivity contribution in [3.8, 4) is 33.4 Å². The highest BCUT2D eigenvalue weighted by molar-refractivity contribution is 7.26. The van der Waals surface area contributed by atoms with Gasteiger partial charge in [-0.1, -0.05) is 127 Å². The van der Waals surface area contributed by atoms with Crippen molar-refractivity contribution in [2.45, 2.75) is 5.41 Å². The van der Waals surface area contributed by atoms with Crippen LogP contribution in [0.25, 0.3) is 53.6 Å². The molecule has 1 N–H and O–H groups in total. The molecule has 0 bridgehead atoms. The minimum absolute atomic E-state index is 0.330. The van der Waals surface area contributed by atoms with Gasteiger partial charge < -0.3 is 5.32 Å². The van der Waals surface area contributed by atoms with Crippen molar-refractivity contribution in [3.63, 3.8) is 0 Å². The minimum Gasteiger partial charge on any atom is -0.356 e. The van der Waals surface area contributed by atoms with Gasteiger partial charge in [0, 0.05) is 31.5 Å². The van der Waals surface area contributed by atoms with Gasteiger partial charge >= 0.3 is 0 Å². The fourth-order valence-corrected chi connectivity index (χ4v) is 9.29. The maximum Gasteiger partial charge on any atom is 0.0726 e. The van der Waals surface area contributed by atoms with E-state index in [9.17, 15) is 0 Å². The quantitative estimate of drug-likeness (QED) is 0.216. The summed E-state index contributed by atoms with van der Waals surface area (Å²) in [5.74, 6) is 0. The molecule has 7 aromatic carbocycles. The van der Waals surface area contributed by atoms with Crippen LogP contribution < -0.4 is 5.32 Å². The van der Waals surface area contributed by atoms with Crippen molar-refractivity contribution in [2.24, 2.45) is 0 Å². The number of benzene rings is 7. The molecule has 0 fully saturated rings. The Kier molecular flexibility index (Phi) is 5.14. The smallest absolute Gasteiger partial charge is 0.0726 e. The van der Waals surface area contributed by atoms with Crippen molar-refractivity contribution in [2.75, 3.05) is 5.32 Å². The number of anilines is 2. The zero-order valence-corrected chi connectivity index (χ0v) is 25.2. The van der Waals surface area contributed by atoms with Gasteiger partial charge in [-0.05, 0) is 86.0 Å². The van der Waals surface area contributed by atoms with Gasteiger partial charge in [-0.25, -0.2) is 0 Å². The molecule has 1 heterocycles. The van der Waals surface area contributed by atoms with Gasteiger partial charge in [0.05, 0.1) is 5.41 Å². The molecule has 2 aliphatic rings. The van der Waals surface area contributed by atoms with Crippen molar-refractivity contribution in [1.29, 1.82) is 0 Å². The summed E-state index contributed by atoms with van der Waals surface area (Å²) in [6, 6.07) is 58.1. The maximum absolute atomic E-state index is 3.75. The van der Waals surface area contributed by atoms with Gasteiger partial charge in [0.1, 0.15) is 0 Å². The largest absolute Gasteiger partial charge is 0.356 e. The molecule has 45 heavy (non-hydrogen) atoms. The van der Waals surface area contributed by atoms with Crippen LogP contribution in [-0.2, 0) is 5.41 Å². The summed E-state index contributed by atoms with van der Waals surface area (Å²) in [4.78, 5) is 0. The molecule has 0 atom stereocenters. The number of fused-ring (bicyclic) bond motifs is 13.